The van der Waals surface area contributed by atoms with Crippen molar-refractivity contribution in [2.45, 2.75) is 51.3 Å². The second-order valence-electron chi connectivity index (χ2n) is 6.60. The Morgan fingerprint density at radius 3 is 2.39 bits per heavy atom. The van der Waals surface area contributed by atoms with Gasteiger partial charge in [-0.05, 0) is 51.3 Å². The highest BCUT2D eigenvalue weighted by Gasteiger charge is 2.42. The quantitative estimate of drug-likeness (QED) is 0.380. The largest absolute Gasteiger partial charge is 0.444 e. The smallest absolute Gasteiger partial charge is 0.411 e. The van der Waals surface area contributed by atoms with Gasteiger partial charge in [0.1, 0.15) is 11.6 Å². The van der Waals surface area contributed by atoms with Crippen molar-refractivity contribution in [3.05, 3.63) is 34.9 Å². The number of hydrogen-bond donors (Lipinski definition) is 2. The first-order valence-corrected chi connectivity index (χ1v) is 7.85. The molecule has 7 heteroatoms. The van der Waals surface area contributed by atoms with Gasteiger partial charge < -0.3 is 15.7 Å². The minimum Gasteiger partial charge on any atom is -0.444 e. The first-order valence-electron chi connectivity index (χ1n) is 7.47. The summed E-state index contributed by atoms with van der Waals surface area (Å²) < 4.78 is 5.49. The molecule has 126 valence electrons. The molecular formula is C16H22ClN3O3. The fraction of sp³-hybridized carbons (Fsp3) is 0.500. The minimum absolute atomic E-state index is 0.0193. The Balaban J connectivity index is 2.38. The van der Waals surface area contributed by atoms with Crippen LogP contribution in [0.15, 0.2) is 29.4 Å². The topological polar surface area (TPSA) is 88.2 Å². The highest BCUT2D eigenvalue weighted by atomic mass is 35.5. The molecule has 0 radical (unpaired) electrons. The zero-order chi connectivity index (χ0) is 17.2. The molecule has 1 aromatic rings. The summed E-state index contributed by atoms with van der Waals surface area (Å²) in [7, 11) is 0. The van der Waals surface area contributed by atoms with Crippen LogP contribution in [0, 0.1) is 0 Å². The van der Waals surface area contributed by atoms with Gasteiger partial charge in [0.2, 0.25) is 0 Å². The number of amides is 1. The Morgan fingerprint density at radius 1 is 1.39 bits per heavy atom. The Morgan fingerprint density at radius 2 is 1.96 bits per heavy atom. The van der Waals surface area contributed by atoms with Crippen molar-refractivity contribution < 1.29 is 14.7 Å². The third-order valence-electron chi connectivity index (χ3n) is 3.40. The van der Waals surface area contributed by atoms with Gasteiger partial charge in [-0.3, -0.25) is 4.90 Å². The summed E-state index contributed by atoms with van der Waals surface area (Å²) in [4.78, 5) is 14.2. The van der Waals surface area contributed by atoms with Crippen molar-refractivity contribution >= 4 is 23.5 Å². The van der Waals surface area contributed by atoms with Gasteiger partial charge in [0.15, 0.2) is 5.84 Å². The van der Waals surface area contributed by atoms with Crippen LogP contribution in [-0.2, 0) is 4.74 Å². The maximum atomic E-state index is 12.6. The fourth-order valence-electron chi connectivity index (χ4n) is 2.31. The van der Waals surface area contributed by atoms with E-state index in [1.807, 2.05) is 0 Å². The predicted molar refractivity (Wildman–Crippen MR) is 88.7 cm³/mol. The molecule has 0 heterocycles. The molecule has 2 rings (SSSR count). The SMILES string of the molecule is CC(C)(C)OC(=O)N(C1CC1)[C@@H](C(N)=NO)c1ccc(Cl)cc1. The van der Waals surface area contributed by atoms with E-state index < -0.39 is 17.7 Å². The average molecular weight is 340 g/mol. The van der Waals surface area contributed by atoms with E-state index in [9.17, 15) is 4.79 Å². The molecule has 1 aromatic carbocycles. The number of hydrogen-bond acceptors (Lipinski definition) is 4. The first kappa shape index (κ1) is 17.4. The average Bonchev–Trinajstić information content (AvgIpc) is 3.27. The van der Waals surface area contributed by atoms with Crippen molar-refractivity contribution in [3.63, 3.8) is 0 Å². The number of nitrogens with zero attached hydrogens (tertiary/aromatic N) is 2. The second-order valence-corrected chi connectivity index (χ2v) is 7.03. The van der Waals surface area contributed by atoms with Gasteiger partial charge in [-0.2, -0.15) is 0 Å². The van der Waals surface area contributed by atoms with Crippen molar-refractivity contribution in [2.75, 3.05) is 0 Å². The second kappa shape index (κ2) is 6.66. The molecule has 1 amide bonds. The Bertz CT molecular complexity index is 592. The van der Waals surface area contributed by atoms with E-state index in [1.54, 1.807) is 49.9 Å². The van der Waals surface area contributed by atoms with Gasteiger partial charge in [-0.25, -0.2) is 4.79 Å². The van der Waals surface area contributed by atoms with Crippen LogP contribution in [0.4, 0.5) is 4.79 Å². The molecule has 1 aliphatic rings. The molecule has 0 aliphatic heterocycles. The Labute approximate surface area is 140 Å². The van der Waals surface area contributed by atoms with Crippen molar-refractivity contribution in [1.82, 2.24) is 4.90 Å². The Kier molecular flexibility index (Phi) is 5.04. The van der Waals surface area contributed by atoms with Crippen LogP contribution in [0.2, 0.25) is 5.02 Å². The van der Waals surface area contributed by atoms with Crippen molar-refractivity contribution in [1.29, 1.82) is 0 Å². The van der Waals surface area contributed by atoms with Gasteiger partial charge in [0, 0.05) is 11.1 Å². The maximum absolute atomic E-state index is 12.6. The van der Waals surface area contributed by atoms with E-state index in [2.05, 4.69) is 5.16 Å². The third kappa shape index (κ3) is 4.51. The highest BCUT2D eigenvalue weighted by Crippen LogP contribution is 2.36. The molecule has 1 fully saturated rings. The van der Waals surface area contributed by atoms with Crippen molar-refractivity contribution in [2.24, 2.45) is 10.9 Å². The molecule has 3 N–H and O–H groups in total. The van der Waals surface area contributed by atoms with Crippen LogP contribution in [-0.4, -0.2) is 33.7 Å². The molecule has 1 atom stereocenters. The monoisotopic (exact) mass is 339 g/mol. The minimum atomic E-state index is -0.695. The van der Waals surface area contributed by atoms with Crippen LogP contribution < -0.4 is 5.73 Å². The van der Waals surface area contributed by atoms with Gasteiger partial charge in [-0.1, -0.05) is 28.9 Å². The number of nitrogens with two attached hydrogens (primary N) is 1. The lowest BCUT2D eigenvalue weighted by molar-refractivity contribution is 0.0190. The normalized spacial score (nSPS) is 16.8. The van der Waals surface area contributed by atoms with Gasteiger partial charge in [0.25, 0.3) is 0 Å². The molecule has 0 unspecified atom stereocenters. The van der Waals surface area contributed by atoms with Crippen molar-refractivity contribution in [3.8, 4) is 0 Å². The number of carbonyl (C=O) groups excluding carboxylic acids is 1. The lowest BCUT2D eigenvalue weighted by Crippen LogP contribution is -2.45. The molecule has 6 nitrogen and oxygen atoms in total. The van der Waals surface area contributed by atoms with Gasteiger partial charge >= 0.3 is 6.09 Å². The number of halogens is 1. The summed E-state index contributed by atoms with van der Waals surface area (Å²) in [5.74, 6) is -0.0647. The predicted octanol–water partition coefficient (Wildman–Crippen LogP) is 3.53. The third-order valence-corrected chi connectivity index (χ3v) is 3.66. The molecule has 1 saturated carbocycles. The number of oxime groups is 1. The lowest BCUT2D eigenvalue weighted by atomic mass is 10.0. The lowest BCUT2D eigenvalue weighted by Gasteiger charge is -2.33. The molecule has 0 spiro atoms. The summed E-state index contributed by atoms with van der Waals surface area (Å²) in [5.41, 5.74) is 5.96. The van der Waals surface area contributed by atoms with Crippen LogP contribution >= 0.6 is 11.6 Å². The number of carbonyl (C=O) groups is 1. The van der Waals surface area contributed by atoms with Crippen LogP contribution in [0.1, 0.15) is 45.2 Å². The summed E-state index contributed by atoms with van der Waals surface area (Å²) in [6.07, 6.45) is 1.25. The highest BCUT2D eigenvalue weighted by molar-refractivity contribution is 6.30. The first-order chi connectivity index (χ1) is 10.7. The summed E-state index contributed by atoms with van der Waals surface area (Å²) in [6, 6.07) is 6.24. The standard InChI is InChI=1S/C16H22ClN3O3/c1-16(2,3)23-15(21)20(12-8-9-12)13(14(18)19-22)10-4-6-11(17)7-5-10/h4-7,12-13,22H,8-9H2,1-3H3,(H2,18,19)/t13-/m1/s1. The van der Waals surface area contributed by atoms with Gasteiger partial charge in [-0.15, -0.1) is 0 Å². The van der Waals surface area contributed by atoms with Crippen LogP contribution in [0.3, 0.4) is 0 Å². The number of benzene rings is 1. The summed E-state index contributed by atoms with van der Waals surface area (Å²) >= 11 is 5.92. The molecule has 0 aromatic heterocycles. The Hall–Kier alpha value is -1.95. The van der Waals surface area contributed by atoms with E-state index in [1.165, 1.54) is 0 Å². The maximum Gasteiger partial charge on any atom is 0.411 e. The zero-order valence-electron chi connectivity index (χ0n) is 13.5. The molecular weight excluding hydrogens is 318 g/mol. The molecule has 0 saturated heterocycles. The molecule has 1 aliphatic carbocycles. The zero-order valence-corrected chi connectivity index (χ0v) is 14.2. The van der Waals surface area contributed by atoms with Crippen LogP contribution in [0.5, 0.6) is 0 Å². The van der Waals surface area contributed by atoms with E-state index in [0.29, 0.717) is 10.6 Å². The summed E-state index contributed by atoms with van der Waals surface area (Å²) in [5, 5.41) is 12.8. The molecule has 23 heavy (non-hydrogen) atoms. The van der Waals surface area contributed by atoms with E-state index in [0.717, 1.165) is 12.8 Å². The van der Waals surface area contributed by atoms with E-state index >= 15 is 0 Å². The summed E-state index contributed by atoms with van der Waals surface area (Å²) in [6.45, 7) is 5.41. The van der Waals surface area contributed by atoms with Crippen LogP contribution in [0.25, 0.3) is 0 Å². The van der Waals surface area contributed by atoms with E-state index in [4.69, 9.17) is 27.3 Å². The van der Waals surface area contributed by atoms with E-state index in [-0.39, 0.29) is 11.9 Å². The van der Waals surface area contributed by atoms with Gasteiger partial charge in [0.05, 0.1) is 0 Å². The number of rotatable bonds is 4. The molecule has 0 bridgehead atoms. The fourth-order valence-corrected chi connectivity index (χ4v) is 2.43. The number of amidine groups is 1. The number of ether oxygens (including phenoxy) is 1.